The van der Waals surface area contributed by atoms with Gasteiger partial charge in [-0.3, -0.25) is 0 Å². The molecule has 0 bridgehead atoms. The lowest BCUT2D eigenvalue weighted by Gasteiger charge is -2.37. The fourth-order valence-corrected chi connectivity index (χ4v) is 9.08. The van der Waals surface area contributed by atoms with Crippen LogP contribution in [0.25, 0.3) is 0 Å². The van der Waals surface area contributed by atoms with Crippen LogP contribution in [-0.2, 0) is 0 Å². The summed E-state index contributed by atoms with van der Waals surface area (Å²) in [5.74, 6) is 2.83. The van der Waals surface area contributed by atoms with Crippen molar-refractivity contribution in [2.75, 3.05) is 0 Å². The van der Waals surface area contributed by atoms with Gasteiger partial charge in [-0.05, 0) is 185 Å². The van der Waals surface area contributed by atoms with E-state index in [1.54, 1.807) is 12.1 Å². The third kappa shape index (κ3) is 8.46. The van der Waals surface area contributed by atoms with Crippen LogP contribution >= 0.6 is 0 Å². The van der Waals surface area contributed by atoms with Crippen LogP contribution in [-0.4, -0.2) is 0 Å². The van der Waals surface area contributed by atoms with E-state index in [2.05, 4.69) is 25.3 Å². The molecule has 4 heteroatoms. The van der Waals surface area contributed by atoms with Gasteiger partial charge in [0.2, 0.25) is 0 Å². The van der Waals surface area contributed by atoms with Crippen molar-refractivity contribution in [3.8, 4) is 0 Å². The molecule has 0 spiro atoms. The quantitative estimate of drug-likeness (QED) is 0.226. The highest BCUT2D eigenvalue weighted by Gasteiger charge is 2.32. The standard InChI is InChI=1S/2C20H26F2/c2*1-2-14-3-5-15(6-4-14)16-7-9-17(10-8-16)18-11-12-19(21)20(22)13-18/h2*2,11-17H,1,3-10H2. The molecule has 240 valence electrons. The fourth-order valence-electron chi connectivity index (χ4n) is 9.08. The second-order valence-electron chi connectivity index (χ2n) is 14.4. The Morgan fingerprint density at radius 3 is 0.977 bits per heavy atom. The molecule has 0 atom stereocenters. The van der Waals surface area contributed by atoms with Crippen molar-refractivity contribution in [2.45, 2.75) is 115 Å². The van der Waals surface area contributed by atoms with Crippen LogP contribution in [0.2, 0.25) is 0 Å². The van der Waals surface area contributed by atoms with Crippen LogP contribution in [0.15, 0.2) is 61.7 Å². The zero-order valence-electron chi connectivity index (χ0n) is 26.5. The molecule has 0 saturated heterocycles. The molecule has 0 N–H and O–H groups in total. The summed E-state index contributed by atoms with van der Waals surface area (Å²) in [5.41, 5.74) is 1.96. The predicted molar refractivity (Wildman–Crippen MR) is 173 cm³/mol. The number of benzene rings is 2. The first-order valence-corrected chi connectivity index (χ1v) is 17.5. The van der Waals surface area contributed by atoms with Crippen LogP contribution in [0.3, 0.4) is 0 Å². The summed E-state index contributed by atoms with van der Waals surface area (Å²) in [4.78, 5) is 0. The number of halogens is 4. The van der Waals surface area contributed by atoms with Crippen LogP contribution in [0.5, 0.6) is 0 Å². The van der Waals surface area contributed by atoms with Gasteiger partial charge in [0, 0.05) is 0 Å². The van der Waals surface area contributed by atoms with Gasteiger partial charge in [-0.2, -0.15) is 0 Å². The van der Waals surface area contributed by atoms with E-state index in [-0.39, 0.29) is 0 Å². The highest BCUT2D eigenvalue weighted by molar-refractivity contribution is 5.23. The SMILES string of the molecule is C=CC1CCC(C2CCC(c3ccc(F)c(F)c3)CC2)CC1.C=CC1CCC(C2CCC(c3ccc(F)c(F)c3)CC2)CC1. The minimum absolute atomic E-state index is 0.413. The average molecular weight is 609 g/mol. The van der Waals surface area contributed by atoms with Gasteiger partial charge >= 0.3 is 0 Å². The first kappa shape index (κ1) is 33.0. The molecular weight excluding hydrogens is 556 g/mol. The summed E-state index contributed by atoms with van der Waals surface area (Å²) < 4.78 is 52.9. The molecule has 0 amide bonds. The lowest BCUT2D eigenvalue weighted by Crippen LogP contribution is -2.25. The van der Waals surface area contributed by atoms with Crippen molar-refractivity contribution in [1.29, 1.82) is 0 Å². The molecule has 0 aliphatic heterocycles. The van der Waals surface area contributed by atoms with Crippen molar-refractivity contribution in [2.24, 2.45) is 35.5 Å². The van der Waals surface area contributed by atoms with E-state index in [4.69, 9.17) is 0 Å². The Hall–Kier alpha value is -2.36. The predicted octanol–water partition coefficient (Wildman–Crippen LogP) is 12.5. The zero-order chi connectivity index (χ0) is 31.1. The van der Waals surface area contributed by atoms with E-state index >= 15 is 0 Å². The summed E-state index contributed by atoms with van der Waals surface area (Å²) >= 11 is 0. The van der Waals surface area contributed by atoms with Gasteiger partial charge in [-0.15, -0.1) is 13.2 Å². The van der Waals surface area contributed by atoms with Gasteiger partial charge < -0.3 is 0 Å². The molecule has 0 aromatic heterocycles. The van der Waals surface area contributed by atoms with E-state index in [9.17, 15) is 17.6 Å². The maximum atomic E-state index is 13.4. The molecule has 4 aliphatic carbocycles. The molecule has 0 unspecified atom stereocenters. The molecule has 0 nitrogen and oxygen atoms in total. The molecule has 6 rings (SSSR count). The maximum Gasteiger partial charge on any atom is 0.159 e. The van der Waals surface area contributed by atoms with Crippen molar-refractivity contribution in [3.05, 3.63) is 96.1 Å². The van der Waals surface area contributed by atoms with Crippen LogP contribution in [0.4, 0.5) is 17.6 Å². The summed E-state index contributed by atoms with van der Waals surface area (Å²) in [6.07, 6.45) is 24.3. The molecule has 44 heavy (non-hydrogen) atoms. The Morgan fingerprint density at radius 1 is 0.409 bits per heavy atom. The lowest BCUT2D eigenvalue weighted by atomic mass is 9.68. The molecule has 2 aromatic rings. The Kier molecular flexibility index (Phi) is 11.8. The normalized spacial score (nSPS) is 32.6. The third-order valence-corrected chi connectivity index (χ3v) is 12.0. The van der Waals surface area contributed by atoms with Crippen molar-refractivity contribution >= 4 is 0 Å². The summed E-state index contributed by atoms with van der Waals surface area (Å²) in [6.45, 7) is 7.84. The summed E-state index contributed by atoms with van der Waals surface area (Å²) in [5, 5.41) is 0. The molecule has 0 radical (unpaired) electrons. The average Bonchev–Trinajstić information content (AvgIpc) is 3.08. The van der Waals surface area contributed by atoms with Crippen LogP contribution < -0.4 is 0 Å². The van der Waals surface area contributed by atoms with Crippen molar-refractivity contribution < 1.29 is 17.6 Å². The summed E-state index contributed by atoms with van der Waals surface area (Å²) in [7, 11) is 0. The van der Waals surface area contributed by atoms with Gasteiger partial charge in [-0.1, -0.05) is 24.3 Å². The molecule has 4 fully saturated rings. The number of rotatable bonds is 6. The second kappa shape index (κ2) is 15.8. The van der Waals surface area contributed by atoms with Gasteiger partial charge in [0.05, 0.1) is 0 Å². The first-order chi connectivity index (χ1) is 21.3. The Balaban J connectivity index is 0.000000175. The maximum absolute atomic E-state index is 13.4. The minimum atomic E-state index is -0.739. The van der Waals surface area contributed by atoms with E-state index < -0.39 is 23.3 Å². The molecule has 2 aromatic carbocycles. The first-order valence-electron chi connectivity index (χ1n) is 17.5. The van der Waals surface area contributed by atoms with E-state index in [0.717, 1.165) is 72.3 Å². The van der Waals surface area contributed by atoms with Crippen molar-refractivity contribution in [1.82, 2.24) is 0 Å². The largest absolute Gasteiger partial charge is 0.204 e. The fraction of sp³-hybridized carbons (Fsp3) is 0.600. The smallest absolute Gasteiger partial charge is 0.159 e. The highest BCUT2D eigenvalue weighted by Crippen LogP contribution is 2.45. The van der Waals surface area contributed by atoms with Gasteiger partial charge in [0.15, 0.2) is 23.3 Å². The topological polar surface area (TPSA) is 0 Å². The molecule has 0 heterocycles. The van der Waals surface area contributed by atoms with Gasteiger partial charge in [0.1, 0.15) is 0 Å². The Bertz CT molecular complexity index is 1110. The Morgan fingerprint density at radius 2 is 0.705 bits per heavy atom. The van der Waals surface area contributed by atoms with E-state index in [1.807, 2.05) is 0 Å². The number of hydrogen-bond acceptors (Lipinski definition) is 0. The molecule has 4 aliphatic rings. The second-order valence-corrected chi connectivity index (χ2v) is 14.4. The van der Waals surface area contributed by atoms with Gasteiger partial charge in [-0.25, -0.2) is 17.6 Å². The van der Waals surface area contributed by atoms with E-state index in [1.165, 1.54) is 101 Å². The minimum Gasteiger partial charge on any atom is -0.204 e. The lowest BCUT2D eigenvalue weighted by molar-refractivity contribution is 0.171. The number of hydrogen-bond donors (Lipinski definition) is 0. The third-order valence-electron chi connectivity index (χ3n) is 12.0. The van der Waals surface area contributed by atoms with Crippen LogP contribution in [0, 0.1) is 58.8 Å². The molecular formula is C40H52F4. The molecule has 4 saturated carbocycles. The Labute approximate surface area is 263 Å². The van der Waals surface area contributed by atoms with Crippen molar-refractivity contribution in [3.63, 3.8) is 0 Å². The monoisotopic (exact) mass is 608 g/mol. The van der Waals surface area contributed by atoms with E-state index in [0.29, 0.717) is 11.8 Å². The van der Waals surface area contributed by atoms with Crippen LogP contribution in [0.1, 0.15) is 126 Å². The summed E-state index contributed by atoms with van der Waals surface area (Å²) in [6, 6.07) is 8.86. The zero-order valence-corrected chi connectivity index (χ0v) is 26.5. The van der Waals surface area contributed by atoms with Gasteiger partial charge in [0.25, 0.3) is 0 Å². The highest BCUT2D eigenvalue weighted by atomic mass is 19.2. The number of allylic oxidation sites excluding steroid dienone is 2.